The smallest absolute Gasteiger partial charge is 0.326 e. The van der Waals surface area contributed by atoms with E-state index in [1.807, 2.05) is 6.92 Å². The van der Waals surface area contributed by atoms with E-state index in [-0.39, 0.29) is 0 Å². The normalized spacial score (nSPS) is 13.4. The van der Waals surface area contributed by atoms with Gasteiger partial charge in [-0.1, -0.05) is 6.08 Å². The van der Waals surface area contributed by atoms with Crippen molar-refractivity contribution in [2.75, 3.05) is 5.75 Å². The quantitative estimate of drug-likeness (QED) is 0.526. The van der Waals surface area contributed by atoms with Crippen LogP contribution in [0, 0.1) is 0 Å². The van der Waals surface area contributed by atoms with Crippen molar-refractivity contribution in [3.8, 4) is 0 Å². The van der Waals surface area contributed by atoms with Crippen LogP contribution in [0.3, 0.4) is 0 Å². The van der Waals surface area contributed by atoms with Crippen LogP contribution in [0.2, 0.25) is 0 Å². The number of aliphatic carboxylic acids is 1. The summed E-state index contributed by atoms with van der Waals surface area (Å²) in [5.41, 5.74) is 0. The fourth-order valence-electron chi connectivity index (χ4n) is 0.414. The second-order valence-corrected chi connectivity index (χ2v) is 2.11. The third-order valence-corrected chi connectivity index (χ3v) is 1.31. The molecule has 0 fully saturated rings. The molecule has 10 heavy (non-hydrogen) atoms. The Labute approximate surface area is 65.5 Å². The van der Waals surface area contributed by atoms with Gasteiger partial charge in [-0.05, 0) is 13.1 Å². The van der Waals surface area contributed by atoms with E-state index in [9.17, 15) is 4.79 Å². The van der Waals surface area contributed by atoms with Crippen molar-refractivity contribution >= 4 is 18.6 Å². The van der Waals surface area contributed by atoms with Gasteiger partial charge in [-0.25, -0.2) is 4.79 Å². The largest absolute Gasteiger partial charge is 0.480 e. The summed E-state index contributed by atoms with van der Waals surface area (Å²) in [5, 5.41) is 11.1. The maximum Gasteiger partial charge on any atom is 0.326 e. The number of hydrogen-bond acceptors (Lipinski definition) is 3. The lowest BCUT2D eigenvalue weighted by Gasteiger charge is -2.07. The molecule has 1 atom stereocenters. The topological polar surface area (TPSA) is 49.3 Å². The maximum absolute atomic E-state index is 10.3. The average Bonchev–Trinajstić information content (AvgIpc) is 1.89. The van der Waals surface area contributed by atoms with Gasteiger partial charge in [0.1, 0.15) is 6.04 Å². The molecule has 0 unspecified atom stereocenters. The Morgan fingerprint density at radius 1 is 1.90 bits per heavy atom. The molecule has 0 bridgehead atoms. The molecule has 0 spiro atoms. The Morgan fingerprint density at radius 2 is 2.50 bits per heavy atom. The molecule has 0 aliphatic heterocycles. The van der Waals surface area contributed by atoms with E-state index in [0.717, 1.165) is 0 Å². The van der Waals surface area contributed by atoms with Crippen molar-refractivity contribution in [3.63, 3.8) is 0 Å². The molecule has 4 heteroatoms. The van der Waals surface area contributed by atoms with Crippen LogP contribution in [-0.4, -0.2) is 22.9 Å². The number of hydrogen-bond donors (Lipinski definition) is 3. The van der Waals surface area contributed by atoms with Crippen LogP contribution < -0.4 is 5.32 Å². The standard InChI is InChI=1S/C6H11NO2S/c1-2-3-7-5(4-10)6(8)9/h2-3,5,7,10H,4H2,1H3,(H,8,9)/b3-2-/t5-/m1/s1. The molecular formula is C6H11NO2S. The van der Waals surface area contributed by atoms with Crippen LogP contribution in [0.1, 0.15) is 6.92 Å². The minimum Gasteiger partial charge on any atom is -0.480 e. The highest BCUT2D eigenvalue weighted by atomic mass is 32.1. The molecule has 0 radical (unpaired) electrons. The van der Waals surface area contributed by atoms with Gasteiger partial charge < -0.3 is 10.4 Å². The van der Waals surface area contributed by atoms with Gasteiger partial charge >= 0.3 is 5.97 Å². The lowest BCUT2D eigenvalue weighted by molar-refractivity contribution is -0.138. The first-order valence-corrected chi connectivity index (χ1v) is 3.56. The molecule has 0 amide bonds. The monoisotopic (exact) mass is 161 g/mol. The van der Waals surface area contributed by atoms with Crippen LogP contribution in [0.25, 0.3) is 0 Å². The van der Waals surface area contributed by atoms with Gasteiger partial charge in [0.2, 0.25) is 0 Å². The Bertz CT molecular complexity index is 136. The molecule has 0 aliphatic rings. The molecule has 0 rings (SSSR count). The number of allylic oxidation sites excluding steroid dienone is 1. The molecule has 3 nitrogen and oxygen atoms in total. The van der Waals surface area contributed by atoms with Crippen LogP contribution in [0.4, 0.5) is 0 Å². The van der Waals surface area contributed by atoms with Gasteiger partial charge in [0, 0.05) is 5.75 Å². The molecule has 0 heterocycles. The van der Waals surface area contributed by atoms with Crippen LogP contribution in [0.15, 0.2) is 12.3 Å². The van der Waals surface area contributed by atoms with Crippen LogP contribution in [-0.2, 0) is 4.79 Å². The Hall–Kier alpha value is -0.640. The van der Waals surface area contributed by atoms with Gasteiger partial charge in [-0.3, -0.25) is 0 Å². The SMILES string of the molecule is C/C=C\N[C@H](CS)C(=O)O. The number of carbonyl (C=O) groups is 1. The van der Waals surface area contributed by atoms with E-state index in [1.165, 1.54) is 0 Å². The first-order valence-electron chi connectivity index (χ1n) is 2.93. The van der Waals surface area contributed by atoms with Gasteiger partial charge in [-0.15, -0.1) is 0 Å². The van der Waals surface area contributed by atoms with Crippen LogP contribution in [0.5, 0.6) is 0 Å². The number of carboxylic acid groups (broad SMARTS) is 1. The van der Waals surface area contributed by atoms with Crippen molar-refractivity contribution in [1.29, 1.82) is 0 Å². The number of thiol groups is 1. The third kappa shape index (κ3) is 3.40. The minimum absolute atomic E-state index is 0.291. The Balaban J connectivity index is 3.71. The number of nitrogens with one attached hydrogen (secondary N) is 1. The first-order chi connectivity index (χ1) is 4.72. The van der Waals surface area contributed by atoms with Crippen molar-refractivity contribution in [2.24, 2.45) is 0 Å². The fourth-order valence-corrected chi connectivity index (χ4v) is 0.676. The molecule has 2 N–H and O–H groups in total. The molecule has 0 aromatic carbocycles. The third-order valence-electron chi connectivity index (χ3n) is 0.945. The summed E-state index contributed by atoms with van der Waals surface area (Å²) >= 11 is 3.85. The molecule has 0 aromatic heterocycles. The van der Waals surface area contributed by atoms with Gasteiger partial charge in [0.15, 0.2) is 0 Å². The van der Waals surface area contributed by atoms with Crippen LogP contribution >= 0.6 is 12.6 Å². The second-order valence-electron chi connectivity index (χ2n) is 1.74. The lowest BCUT2D eigenvalue weighted by Crippen LogP contribution is -2.34. The molecule has 58 valence electrons. The summed E-state index contributed by atoms with van der Waals surface area (Å²) in [7, 11) is 0. The van der Waals surface area contributed by atoms with Crippen molar-refractivity contribution in [3.05, 3.63) is 12.3 Å². The zero-order valence-electron chi connectivity index (χ0n) is 5.74. The summed E-state index contributed by atoms with van der Waals surface area (Å²) in [6, 6.07) is -0.584. The Morgan fingerprint density at radius 3 is 2.80 bits per heavy atom. The summed E-state index contributed by atoms with van der Waals surface area (Å²) in [6.45, 7) is 1.81. The second kappa shape index (κ2) is 5.17. The maximum atomic E-state index is 10.3. The molecule has 0 aromatic rings. The summed E-state index contributed by atoms with van der Waals surface area (Å²) < 4.78 is 0. The average molecular weight is 161 g/mol. The summed E-state index contributed by atoms with van der Waals surface area (Å²) in [5.74, 6) is -0.590. The van der Waals surface area contributed by atoms with Gasteiger partial charge in [-0.2, -0.15) is 12.6 Å². The molecular weight excluding hydrogens is 150 g/mol. The highest BCUT2D eigenvalue weighted by Crippen LogP contribution is 1.87. The zero-order chi connectivity index (χ0) is 7.98. The van der Waals surface area contributed by atoms with E-state index in [0.29, 0.717) is 5.75 Å². The van der Waals surface area contributed by atoms with Crippen molar-refractivity contribution < 1.29 is 9.90 Å². The van der Waals surface area contributed by atoms with E-state index >= 15 is 0 Å². The highest BCUT2D eigenvalue weighted by molar-refractivity contribution is 7.80. The molecule has 0 aliphatic carbocycles. The summed E-state index contributed by atoms with van der Waals surface area (Å²) in [4.78, 5) is 10.3. The predicted octanol–water partition coefficient (Wildman–Crippen LogP) is 0.493. The van der Waals surface area contributed by atoms with E-state index in [1.54, 1.807) is 12.3 Å². The fraction of sp³-hybridized carbons (Fsp3) is 0.500. The molecule has 0 saturated heterocycles. The van der Waals surface area contributed by atoms with Gasteiger partial charge in [0.25, 0.3) is 0 Å². The zero-order valence-corrected chi connectivity index (χ0v) is 6.64. The minimum atomic E-state index is -0.881. The van der Waals surface area contributed by atoms with Crippen molar-refractivity contribution in [2.45, 2.75) is 13.0 Å². The lowest BCUT2D eigenvalue weighted by atomic mass is 10.3. The highest BCUT2D eigenvalue weighted by Gasteiger charge is 2.11. The summed E-state index contributed by atoms with van der Waals surface area (Å²) in [6.07, 6.45) is 3.33. The molecule has 0 saturated carbocycles. The van der Waals surface area contributed by atoms with E-state index < -0.39 is 12.0 Å². The number of carboxylic acids is 1. The van der Waals surface area contributed by atoms with E-state index in [2.05, 4.69) is 17.9 Å². The predicted molar refractivity (Wildman–Crippen MR) is 43.2 cm³/mol. The van der Waals surface area contributed by atoms with E-state index in [4.69, 9.17) is 5.11 Å². The van der Waals surface area contributed by atoms with Gasteiger partial charge in [0.05, 0.1) is 0 Å². The number of rotatable bonds is 4. The Kier molecular flexibility index (Phi) is 4.84. The van der Waals surface area contributed by atoms with Crippen molar-refractivity contribution in [1.82, 2.24) is 5.32 Å². The first kappa shape index (κ1) is 9.36.